The van der Waals surface area contributed by atoms with Crippen LogP contribution in [0.2, 0.25) is 0 Å². The van der Waals surface area contributed by atoms with Gasteiger partial charge in [0.15, 0.2) is 11.5 Å². The number of aromatic nitrogens is 1. The van der Waals surface area contributed by atoms with E-state index in [2.05, 4.69) is 14.5 Å². The average Bonchev–Trinajstić information content (AvgIpc) is 3.60. The highest BCUT2D eigenvalue weighted by molar-refractivity contribution is 5.98. The number of rotatable bonds is 7. The maximum absolute atomic E-state index is 13.4. The Labute approximate surface area is 204 Å². The summed E-state index contributed by atoms with van der Waals surface area (Å²) in [5, 5.41) is 9.33. The van der Waals surface area contributed by atoms with Crippen molar-refractivity contribution >= 4 is 17.7 Å². The Kier molecular flexibility index (Phi) is 5.46. The van der Waals surface area contributed by atoms with Crippen LogP contribution in [0, 0.1) is 0 Å². The predicted octanol–water partition coefficient (Wildman–Crippen LogP) is 4.64. The second-order valence-corrected chi connectivity index (χ2v) is 8.59. The molecule has 186 valence electrons. The molecule has 5 rings (SSSR count). The summed E-state index contributed by atoms with van der Waals surface area (Å²) in [5.41, 5.74) is 0.747. The minimum Gasteiger partial charge on any atom is -0.478 e. The molecule has 36 heavy (non-hydrogen) atoms. The molecule has 1 N–H and O–H groups in total. The number of ether oxygens (including phenoxy) is 3. The van der Waals surface area contributed by atoms with Gasteiger partial charge in [0.2, 0.25) is 0 Å². The Hall–Kier alpha value is -4.34. The van der Waals surface area contributed by atoms with Crippen molar-refractivity contribution in [3.8, 4) is 22.8 Å². The van der Waals surface area contributed by atoms with Gasteiger partial charge in [-0.1, -0.05) is 18.2 Å². The Balaban J connectivity index is 0.00000320. The molecule has 0 spiro atoms. The number of carbonyl (C=O) groups is 3. The van der Waals surface area contributed by atoms with E-state index >= 15 is 0 Å². The zero-order valence-corrected chi connectivity index (χ0v) is 18.9. The molecule has 0 atom stereocenters. The van der Waals surface area contributed by atoms with Crippen LogP contribution in [0.15, 0.2) is 54.6 Å². The zero-order valence-electron chi connectivity index (χ0n) is 18.9. The predicted molar refractivity (Wildman–Crippen MR) is 122 cm³/mol. The molecule has 8 nitrogen and oxygen atoms in total. The molecule has 0 saturated heterocycles. The maximum atomic E-state index is 13.4. The minimum atomic E-state index is -3.75. The van der Waals surface area contributed by atoms with Crippen molar-refractivity contribution in [3.63, 3.8) is 0 Å². The molecule has 0 bridgehead atoms. The molecule has 1 aromatic heterocycles. The quantitative estimate of drug-likeness (QED) is 0.470. The molecule has 0 unspecified atom stereocenters. The molecule has 3 aromatic rings. The Morgan fingerprint density at radius 1 is 1.06 bits per heavy atom. The molecule has 2 aliphatic rings. The summed E-state index contributed by atoms with van der Waals surface area (Å²) in [4.78, 5) is 41.6. The first-order chi connectivity index (χ1) is 17.1. The fourth-order valence-electron chi connectivity index (χ4n) is 4.33. The first-order valence-corrected chi connectivity index (χ1v) is 11.0. The van der Waals surface area contributed by atoms with E-state index in [1.54, 1.807) is 12.1 Å². The number of pyridine rings is 1. The lowest BCUT2D eigenvalue weighted by atomic mass is 9.88. The summed E-state index contributed by atoms with van der Waals surface area (Å²) >= 11 is 0. The van der Waals surface area contributed by atoms with E-state index in [0.717, 1.165) is 0 Å². The number of methoxy groups -OCH3 is 1. The third-order valence-electron chi connectivity index (χ3n) is 6.32. The van der Waals surface area contributed by atoms with Gasteiger partial charge in [-0.05, 0) is 54.8 Å². The topological polar surface area (TPSA) is 112 Å². The fourth-order valence-corrected chi connectivity index (χ4v) is 4.33. The molecule has 2 heterocycles. The highest BCUT2D eigenvalue weighted by Crippen LogP contribution is 2.52. The third kappa shape index (κ3) is 4.15. The largest absolute Gasteiger partial charge is 0.586 e. The van der Waals surface area contributed by atoms with Crippen LogP contribution in [0.5, 0.6) is 11.5 Å². The summed E-state index contributed by atoms with van der Waals surface area (Å²) in [5.74, 6) is -2.19. The van der Waals surface area contributed by atoms with Gasteiger partial charge in [-0.3, -0.25) is 9.78 Å². The molecule has 10 heteroatoms. The average molecular weight is 497 g/mol. The number of hydrogen-bond acceptors (Lipinski definition) is 7. The lowest BCUT2D eigenvalue weighted by molar-refractivity contribution is -0.286. The van der Waals surface area contributed by atoms with E-state index in [4.69, 9.17) is 4.74 Å². The van der Waals surface area contributed by atoms with Crippen LogP contribution >= 0.6 is 0 Å². The van der Waals surface area contributed by atoms with Gasteiger partial charge in [-0.25, -0.2) is 9.59 Å². The molecule has 1 fully saturated rings. The van der Waals surface area contributed by atoms with Crippen LogP contribution < -0.4 is 9.47 Å². The number of carbonyl (C=O) groups excluding carboxylic acids is 2. The van der Waals surface area contributed by atoms with Gasteiger partial charge in [0, 0.05) is 19.1 Å². The molecule has 1 saturated carbocycles. The highest BCUT2D eigenvalue weighted by Gasteiger charge is 2.52. The van der Waals surface area contributed by atoms with Gasteiger partial charge in [0.1, 0.15) is 5.78 Å². The molecule has 1 aliphatic heterocycles. The number of esters is 1. The normalized spacial score (nSPS) is 16.3. The number of alkyl halides is 2. The number of aromatic carboxylic acids is 1. The maximum Gasteiger partial charge on any atom is 0.586 e. The van der Waals surface area contributed by atoms with Crippen LogP contribution in [0.1, 0.15) is 46.2 Å². The number of nitrogens with zero attached hydrogens (tertiary/aromatic N) is 1. The minimum absolute atomic E-state index is 0. The van der Waals surface area contributed by atoms with Crippen LogP contribution in [0.25, 0.3) is 11.3 Å². The number of ketones is 1. The molecule has 0 amide bonds. The van der Waals surface area contributed by atoms with Gasteiger partial charge >= 0.3 is 18.2 Å². The lowest BCUT2D eigenvalue weighted by Gasteiger charge is -2.16. The monoisotopic (exact) mass is 497 g/mol. The SMILES string of the molecule is COC(=O)c1ccc(CC(=O)C2(c3ccc4c(c3)OC(F)(F)O4)CC2)nc1-c1cccc(C(=O)O)c1.[HH]. The van der Waals surface area contributed by atoms with Crippen molar-refractivity contribution in [1.82, 2.24) is 4.98 Å². The van der Waals surface area contributed by atoms with Crippen molar-refractivity contribution in [3.05, 3.63) is 77.0 Å². The molecule has 2 aromatic carbocycles. The molecular formula is C26H21F2NO7. The third-order valence-corrected chi connectivity index (χ3v) is 6.32. The first-order valence-electron chi connectivity index (χ1n) is 11.0. The number of halogens is 2. The van der Waals surface area contributed by atoms with Gasteiger partial charge in [-0.15, -0.1) is 8.78 Å². The van der Waals surface area contributed by atoms with Crippen molar-refractivity contribution in [1.29, 1.82) is 0 Å². The Morgan fingerprint density at radius 3 is 2.50 bits per heavy atom. The molecule has 1 aliphatic carbocycles. The number of fused-ring (bicyclic) bond motifs is 1. The van der Waals surface area contributed by atoms with E-state index in [0.29, 0.717) is 29.7 Å². The van der Waals surface area contributed by atoms with Crippen LogP contribution in [-0.2, 0) is 21.4 Å². The lowest BCUT2D eigenvalue weighted by Crippen LogP contribution is -2.26. The van der Waals surface area contributed by atoms with E-state index in [1.807, 2.05) is 0 Å². The number of hydrogen-bond donors (Lipinski definition) is 1. The van der Waals surface area contributed by atoms with Gasteiger partial charge in [-0.2, -0.15) is 0 Å². The van der Waals surface area contributed by atoms with Gasteiger partial charge < -0.3 is 19.3 Å². The van der Waals surface area contributed by atoms with Gasteiger partial charge in [0.25, 0.3) is 0 Å². The summed E-state index contributed by atoms with van der Waals surface area (Å²) < 4.78 is 40.6. The fraction of sp³-hybridized carbons (Fsp3) is 0.231. The number of benzene rings is 2. The first kappa shape index (κ1) is 23.4. The van der Waals surface area contributed by atoms with Crippen LogP contribution in [-0.4, -0.2) is 41.2 Å². The molecule has 0 radical (unpaired) electrons. The molecular weight excluding hydrogens is 476 g/mol. The Bertz CT molecular complexity index is 1420. The number of Topliss-reactive ketones (excluding diaryl/α,β-unsaturated/α-hetero) is 1. The van der Waals surface area contributed by atoms with Crippen LogP contribution in [0.3, 0.4) is 0 Å². The second kappa shape index (κ2) is 8.40. The zero-order chi connectivity index (χ0) is 25.7. The summed E-state index contributed by atoms with van der Waals surface area (Å²) in [6.07, 6.45) is -2.76. The number of carboxylic acid groups (broad SMARTS) is 1. The smallest absolute Gasteiger partial charge is 0.478 e. The standard InChI is InChI=1S/C26H19F2NO7.H2/c1-34-24(33)18-7-6-17(29-22(18)14-3-2-4-15(11-14)23(31)32)13-21(30)25(9-10-25)16-5-8-19-20(12-16)36-26(27,28)35-19;/h2-8,11-12H,9-10,13H2,1H3,(H,31,32);1H. The van der Waals surface area contributed by atoms with Crippen molar-refractivity contribution in [2.24, 2.45) is 0 Å². The van der Waals surface area contributed by atoms with Gasteiger partial charge in [0.05, 0.1) is 29.3 Å². The van der Waals surface area contributed by atoms with Crippen molar-refractivity contribution in [2.45, 2.75) is 31.0 Å². The second-order valence-electron chi connectivity index (χ2n) is 8.59. The van der Waals surface area contributed by atoms with E-state index in [9.17, 15) is 28.3 Å². The summed E-state index contributed by atoms with van der Waals surface area (Å²) in [7, 11) is 1.22. The summed E-state index contributed by atoms with van der Waals surface area (Å²) in [6, 6.07) is 13.3. The van der Waals surface area contributed by atoms with E-state index in [1.165, 1.54) is 49.6 Å². The Morgan fingerprint density at radius 2 is 1.81 bits per heavy atom. The van der Waals surface area contributed by atoms with E-state index in [-0.39, 0.29) is 42.0 Å². The highest BCUT2D eigenvalue weighted by atomic mass is 19.3. The van der Waals surface area contributed by atoms with Crippen LogP contribution in [0.4, 0.5) is 8.78 Å². The number of carboxylic acids is 1. The van der Waals surface area contributed by atoms with Crippen molar-refractivity contribution < 1.29 is 43.9 Å². The van der Waals surface area contributed by atoms with E-state index < -0.39 is 23.6 Å². The summed E-state index contributed by atoms with van der Waals surface area (Å²) in [6.45, 7) is 0. The van der Waals surface area contributed by atoms with Crippen molar-refractivity contribution in [2.75, 3.05) is 7.11 Å².